The van der Waals surface area contributed by atoms with Crippen LogP contribution in [0.1, 0.15) is 21.3 Å². The summed E-state index contributed by atoms with van der Waals surface area (Å²) in [4.78, 5) is 12.7. The number of amides is 1. The van der Waals surface area contributed by atoms with Gasteiger partial charge in [-0.25, -0.2) is 8.78 Å². The Kier molecular flexibility index (Phi) is 5.27. The highest BCUT2D eigenvalue weighted by Gasteiger charge is 2.19. The van der Waals surface area contributed by atoms with Gasteiger partial charge < -0.3 is 10.1 Å². The summed E-state index contributed by atoms with van der Waals surface area (Å²) >= 11 is 7.15. The van der Waals surface area contributed by atoms with Gasteiger partial charge in [-0.15, -0.1) is 11.3 Å². The maximum atomic E-state index is 13.5. The van der Waals surface area contributed by atoms with Crippen molar-refractivity contribution in [2.75, 3.05) is 13.7 Å². The Labute approximate surface area is 129 Å². The minimum Gasteiger partial charge on any atom is -0.374 e. The van der Waals surface area contributed by atoms with Gasteiger partial charge in [-0.2, -0.15) is 0 Å². The van der Waals surface area contributed by atoms with E-state index in [2.05, 4.69) is 5.32 Å². The molecule has 0 aliphatic rings. The summed E-state index contributed by atoms with van der Waals surface area (Å²) in [7, 11) is 1.48. The predicted molar refractivity (Wildman–Crippen MR) is 77.8 cm³/mol. The van der Waals surface area contributed by atoms with Gasteiger partial charge in [0.15, 0.2) is 0 Å². The number of nitrogens with one attached hydrogen (secondary N) is 1. The molecule has 1 amide bonds. The highest BCUT2D eigenvalue weighted by Crippen LogP contribution is 2.28. The van der Waals surface area contributed by atoms with Crippen LogP contribution < -0.4 is 5.32 Å². The number of benzene rings is 1. The lowest BCUT2D eigenvalue weighted by molar-refractivity contribution is 0.0831. The van der Waals surface area contributed by atoms with E-state index in [9.17, 15) is 13.6 Å². The molecule has 112 valence electrons. The molecule has 7 heteroatoms. The highest BCUT2D eigenvalue weighted by molar-refractivity contribution is 7.16. The minimum absolute atomic E-state index is 0.0833. The van der Waals surface area contributed by atoms with E-state index in [0.717, 1.165) is 17.0 Å². The maximum Gasteiger partial charge on any atom is 0.257 e. The predicted octanol–water partition coefficient (Wildman–Crippen LogP) is 3.80. The van der Waals surface area contributed by atoms with E-state index >= 15 is 0 Å². The van der Waals surface area contributed by atoms with Crippen LogP contribution in [0, 0.1) is 11.6 Å². The second-order valence-corrected chi connectivity index (χ2v) is 5.92. The number of hydrogen-bond acceptors (Lipinski definition) is 3. The van der Waals surface area contributed by atoms with Gasteiger partial charge in [0.25, 0.3) is 5.91 Å². The molecule has 0 bridgehead atoms. The Morgan fingerprint density at radius 1 is 1.33 bits per heavy atom. The Hall–Kier alpha value is -1.50. The standard InChI is InChI=1S/C14H12ClF2NO2S/c1-20-10(11-5-6-12(15)21-11)7-18-14(19)13-8(16)3-2-4-9(13)17/h2-6,10H,7H2,1H3,(H,18,19). The lowest BCUT2D eigenvalue weighted by atomic mass is 10.2. The smallest absolute Gasteiger partial charge is 0.257 e. The molecule has 21 heavy (non-hydrogen) atoms. The van der Waals surface area contributed by atoms with Crippen molar-refractivity contribution in [1.82, 2.24) is 5.32 Å². The third-order valence-electron chi connectivity index (χ3n) is 2.83. The zero-order valence-electron chi connectivity index (χ0n) is 11.0. The van der Waals surface area contributed by atoms with Crippen molar-refractivity contribution in [1.29, 1.82) is 0 Å². The number of halogens is 3. The topological polar surface area (TPSA) is 38.3 Å². The van der Waals surface area contributed by atoms with Crippen molar-refractivity contribution in [3.63, 3.8) is 0 Å². The van der Waals surface area contributed by atoms with Gasteiger partial charge in [0, 0.05) is 18.5 Å². The molecule has 2 rings (SSSR count). The van der Waals surface area contributed by atoms with Gasteiger partial charge in [0.1, 0.15) is 23.3 Å². The van der Waals surface area contributed by atoms with E-state index in [-0.39, 0.29) is 6.54 Å². The molecule has 2 aromatic rings. The summed E-state index contributed by atoms with van der Waals surface area (Å²) in [6.07, 6.45) is -0.429. The average Bonchev–Trinajstić information content (AvgIpc) is 2.86. The fraction of sp³-hybridized carbons (Fsp3) is 0.214. The Morgan fingerprint density at radius 2 is 2.00 bits per heavy atom. The zero-order chi connectivity index (χ0) is 15.4. The summed E-state index contributed by atoms with van der Waals surface area (Å²) in [6.45, 7) is 0.0833. The molecule has 0 fully saturated rings. The molecule has 0 spiro atoms. The first-order valence-electron chi connectivity index (χ1n) is 6.03. The van der Waals surface area contributed by atoms with E-state index in [4.69, 9.17) is 16.3 Å². The largest absolute Gasteiger partial charge is 0.374 e. The van der Waals surface area contributed by atoms with Crippen LogP contribution >= 0.6 is 22.9 Å². The van der Waals surface area contributed by atoms with E-state index in [1.54, 1.807) is 12.1 Å². The van der Waals surface area contributed by atoms with Crippen LogP contribution in [0.2, 0.25) is 4.34 Å². The van der Waals surface area contributed by atoms with E-state index < -0.39 is 29.2 Å². The normalized spacial score (nSPS) is 12.2. The molecule has 0 saturated heterocycles. The van der Waals surface area contributed by atoms with Gasteiger partial charge in [-0.05, 0) is 24.3 Å². The summed E-state index contributed by atoms with van der Waals surface area (Å²) in [5.74, 6) is -2.63. The third kappa shape index (κ3) is 3.78. The molecule has 1 atom stereocenters. The first-order valence-corrected chi connectivity index (χ1v) is 7.22. The van der Waals surface area contributed by atoms with Gasteiger partial charge in [0.2, 0.25) is 0 Å². The van der Waals surface area contributed by atoms with Crippen molar-refractivity contribution in [3.8, 4) is 0 Å². The van der Waals surface area contributed by atoms with Crippen molar-refractivity contribution < 1.29 is 18.3 Å². The molecule has 0 radical (unpaired) electrons. The Bertz CT molecular complexity index is 627. The first-order chi connectivity index (χ1) is 10.0. The van der Waals surface area contributed by atoms with Gasteiger partial charge in [0.05, 0.1) is 4.34 Å². The van der Waals surface area contributed by atoms with Crippen LogP contribution in [0.15, 0.2) is 30.3 Å². The Balaban J connectivity index is 2.06. The van der Waals surface area contributed by atoms with Crippen LogP contribution in [0.25, 0.3) is 0 Å². The summed E-state index contributed by atoms with van der Waals surface area (Å²) in [5, 5.41) is 2.46. The molecule has 1 N–H and O–H groups in total. The molecule has 0 saturated carbocycles. The fourth-order valence-electron chi connectivity index (χ4n) is 1.79. The zero-order valence-corrected chi connectivity index (χ0v) is 12.6. The minimum atomic E-state index is -0.902. The van der Waals surface area contributed by atoms with Crippen molar-refractivity contribution in [2.24, 2.45) is 0 Å². The number of thiophene rings is 1. The molecule has 3 nitrogen and oxygen atoms in total. The second kappa shape index (κ2) is 6.98. The number of rotatable bonds is 5. The van der Waals surface area contributed by atoms with Gasteiger partial charge in [-0.3, -0.25) is 4.79 Å². The first kappa shape index (κ1) is 15.9. The van der Waals surface area contributed by atoms with E-state index in [1.165, 1.54) is 24.5 Å². The average molecular weight is 332 g/mol. The number of hydrogen-bond donors (Lipinski definition) is 1. The molecule has 1 heterocycles. The lowest BCUT2D eigenvalue weighted by Gasteiger charge is -2.15. The van der Waals surface area contributed by atoms with Gasteiger partial charge >= 0.3 is 0 Å². The highest BCUT2D eigenvalue weighted by atomic mass is 35.5. The monoisotopic (exact) mass is 331 g/mol. The van der Waals surface area contributed by atoms with Crippen LogP contribution in [0.5, 0.6) is 0 Å². The fourth-order valence-corrected chi connectivity index (χ4v) is 2.93. The SMILES string of the molecule is COC(CNC(=O)c1c(F)cccc1F)c1ccc(Cl)s1. The van der Waals surface area contributed by atoms with E-state index in [0.29, 0.717) is 4.34 Å². The van der Waals surface area contributed by atoms with E-state index in [1.807, 2.05) is 0 Å². The lowest BCUT2D eigenvalue weighted by Crippen LogP contribution is -2.30. The molecular weight excluding hydrogens is 320 g/mol. The van der Waals surface area contributed by atoms with Crippen molar-refractivity contribution >= 4 is 28.8 Å². The van der Waals surface area contributed by atoms with Crippen LogP contribution in [0.4, 0.5) is 8.78 Å². The summed E-state index contributed by atoms with van der Waals surface area (Å²) in [6, 6.07) is 6.76. The number of carbonyl (C=O) groups is 1. The summed E-state index contributed by atoms with van der Waals surface area (Å²) in [5.41, 5.74) is -0.600. The second-order valence-electron chi connectivity index (χ2n) is 4.17. The molecule has 0 aliphatic heterocycles. The third-order valence-corrected chi connectivity index (χ3v) is 4.16. The number of methoxy groups -OCH3 is 1. The van der Waals surface area contributed by atoms with Crippen LogP contribution in [0.3, 0.4) is 0 Å². The number of ether oxygens (including phenoxy) is 1. The number of carbonyl (C=O) groups excluding carboxylic acids is 1. The molecule has 1 unspecified atom stereocenters. The molecule has 1 aromatic heterocycles. The molecule has 1 aromatic carbocycles. The Morgan fingerprint density at radius 3 is 2.52 bits per heavy atom. The van der Waals surface area contributed by atoms with Gasteiger partial charge in [-0.1, -0.05) is 17.7 Å². The van der Waals surface area contributed by atoms with Crippen molar-refractivity contribution in [3.05, 3.63) is 56.7 Å². The maximum absolute atomic E-state index is 13.5. The summed E-state index contributed by atoms with van der Waals surface area (Å²) < 4.78 is 32.8. The van der Waals surface area contributed by atoms with Crippen LogP contribution in [-0.4, -0.2) is 19.6 Å². The van der Waals surface area contributed by atoms with Crippen molar-refractivity contribution in [2.45, 2.75) is 6.10 Å². The van der Waals surface area contributed by atoms with Crippen LogP contribution in [-0.2, 0) is 4.74 Å². The molecule has 0 aliphatic carbocycles. The molecular formula is C14H12ClF2NO2S. The quantitative estimate of drug-likeness (QED) is 0.905.